The molecule has 0 saturated heterocycles. The lowest BCUT2D eigenvalue weighted by atomic mass is 9.78. The Labute approximate surface area is 188 Å². The number of rotatable bonds is 6. The van der Waals surface area contributed by atoms with Gasteiger partial charge in [0.2, 0.25) is 0 Å². The molecule has 0 atom stereocenters. The van der Waals surface area contributed by atoms with Crippen LogP contribution in [0.25, 0.3) is 5.65 Å². The van der Waals surface area contributed by atoms with Crippen molar-refractivity contribution < 1.29 is 27.0 Å². The molecule has 0 spiro atoms. The summed E-state index contributed by atoms with van der Waals surface area (Å²) in [4.78, 5) is 0. The van der Waals surface area contributed by atoms with Crippen molar-refractivity contribution >= 4 is 5.65 Å². The zero-order valence-electron chi connectivity index (χ0n) is 18.2. The summed E-state index contributed by atoms with van der Waals surface area (Å²) in [5, 5.41) is 7.89. The number of aromatic nitrogens is 3. The topological polar surface area (TPSA) is 48.7 Å². The Kier molecular flexibility index (Phi) is 5.55. The predicted molar refractivity (Wildman–Crippen MR) is 112 cm³/mol. The second-order valence-electron chi connectivity index (χ2n) is 9.03. The normalized spacial score (nSPS) is 23.7. The summed E-state index contributed by atoms with van der Waals surface area (Å²) >= 11 is 0. The molecule has 33 heavy (non-hydrogen) atoms. The molecule has 1 aromatic carbocycles. The Bertz CT molecular complexity index is 1130. The zero-order valence-corrected chi connectivity index (χ0v) is 18.2. The molecule has 0 radical (unpaired) electrons. The van der Waals surface area contributed by atoms with Crippen molar-refractivity contribution in [3.8, 4) is 5.75 Å². The minimum Gasteiger partial charge on any atom is -0.490 e. The third kappa shape index (κ3) is 4.30. The molecule has 176 valence electrons. The molecule has 0 unspecified atom stereocenters. The molecule has 0 N–H and O–H groups in total. The standard InChI is InChI=1S/C24H25F4N3O2/c1-32-23(16-4-6-17(25)7-5-16)11-8-18(9-12-23)33-19-10-13-31-20(14-15-2-3-15)29-30-22(31)21(19)24(26,27)28/h4-7,10,13,15,18H,2-3,8-9,11-12,14H2,1H3/t18-,23+. The number of benzene rings is 1. The highest BCUT2D eigenvalue weighted by Crippen LogP contribution is 2.44. The molecule has 2 aromatic heterocycles. The van der Waals surface area contributed by atoms with E-state index >= 15 is 0 Å². The number of fused-ring (bicyclic) bond motifs is 1. The number of halogens is 4. The zero-order chi connectivity index (χ0) is 23.2. The maximum absolute atomic E-state index is 14.0. The monoisotopic (exact) mass is 463 g/mol. The lowest BCUT2D eigenvalue weighted by molar-refractivity contribution is -0.138. The van der Waals surface area contributed by atoms with Crippen molar-refractivity contribution in [1.29, 1.82) is 0 Å². The van der Waals surface area contributed by atoms with Crippen LogP contribution in [0.2, 0.25) is 0 Å². The van der Waals surface area contributed by atoms with Gasteiger partial charge in [0.1, 0.15) is 23.0 Å². The van der Waals surface area contributed by atoms with Crippen LogP contribution in [-0.4, -0.2) is 27.8 Å². The van der Waals surface area contributed by atoms with Crippen molar-refractivity contribution in [1.82, 2.24) is 14.6 Å². The SMILES string of the molecule is CO[C@]1(c2ccc(F)cc2)CC[C@H](Oc2ccn3c(CC4CC4)nnc3c2C(F)(F)F)CC1. The van der Waals surface area contributed by atoms with E-state index in [4.69, 9.17) is 9.47 Å². The maximum atomic E-state index is 14.0. The maximum Gasteiger partial charge on any atom is 0.423 e. The molecular formula is C24H25F4N3O2. The molecule has 2 aliphatic carbocycles. The third-order valence-electron chi connectivity index (χ3n) is 6.86. The Balaban J connectivity index is 1.37. The van der Waals surface area contributed by atoms with E-state index in [-0.39, 0.29) is 17.2 Å². The van der Waals surface area contributed by atoms with Gasteiger partial charge < -0.3 is 9.47 Å². The lowest BCUT2D eigenvalue weighted by Gasteiger charge is -2.39. The quantitative estimate of drug-likeness (QED) is 0.440. The Morgan fingerprint density at radius 3 is 2.33 bits per heavy atom. The first-order valence-electron chi connectivity index (χ1n) is 11.2. The van der Waals surface area contributed by atoms with E-state index in [1.54, 1.807) is 25.4 Å². The van der Waals surface area contributed by atoms with Crippen molar-refractivity contribution in [3.63, 3.8) is 0 Å². The Hall–Kier alpha value is -2.68. The Morgan fingerprint density at radius 2 is 1.73 bits per heavy atom. The first-order chi connectivity index (χ1) is 15.8. The number of hydrogen-bond acceptors (Lipinski definition) is 4. The third-order valence-corrected chi connectivity index (χ3v) is 6.86. The van der Waals surface area contributed by atoms with E-state index in [2.05, 4.69) is 10.2 Å². The molecule has 2 fully saturated rings. The number of alkyl halides is 3. The van der Waals surface area contributed by atoms with Gasteiger partial charge in [-0.05, 0) is 68.2 Å². The van der Waals surface area contributed by atoms with Gasteiger partial charge >= 0.3 is 6.18 Å². The second-order valence-corrected chi connectivity index (χ2v) is 9.03. The van der Waals surface area contributed by atoms with Gasteiger partial charge in [-0.3, -0.25) is 4.40 Å². The van der Waals surface area contributed by atoms with E-state index in [1.165, 1.54) is 22.6 Å². The van der Waals surface area contributed by atoms with Gasteiger partial charge in [0, 0.05) is 19.7 Å². The van der Waals surface area contributed by atoms with Crippen molar-refractivity contribution in [2.75, 3.05) is 7.11 Å². The number of hydrogen-bond donors (Lipinski definition) is 0. The van der Waals surface area contributed by atoms with Gasteiger partial charge in [-0.25, -0.2) is 4.39 Å². The molecule has 2 heterocycles. The fourth-order valence-corrected chi connectivity index (χ4v) is 4.79. The van der Waals surface area contributed by atoms with Crippen LogP contribution >= 0.6 is 0 Å². The Morgan fingerprint density at radius 1 is 1.03 bits per heavy atom. The highest BCUT2D eigenvalue weighted by molar-refractivity contribution is 5.57. The molecule has 5 nitrogen and oxygen atoms in total. The summed E-state index contributed by atoms with van der Waals surface area (Å²) in [6.45, 7) is 0. The van der Waals surface area contributed by atoms with Crippen LogP contribution in [-0.2, 0) is 22.9 Å². The number of nitrogens with zero attached hydrogens (tertiary/aromatic N) is 3. The molecule has 0 aliphatic heterocycles. The van der Waals surface area contributed by atoms with Crippen LogP contribution in [0.4, 0.5) is 17.6 Å². The van der Waals surface area contributed by atoms with Gasteiger partial charge in [0.05, 0.1) is 11.7 Å². The molecule has 0 bridgehead atoms. The van der Waals surface area contributed by atoms with Crippen molar-refractivity contribution in [2.24, 2.45) is 5.92 Å². The summed E-state index contributed by atoms with van der Waals surface area (Å²) in [6.07, 6.45) is 1.45. The number of ether oxygens (including phenoxy) is 2. The molecule has 2 aliphatic rings. The molecular weight excluding hydrogens is 438 g/mol. The average molecular weight is 463 g/mol. The van der Waals surface area contributed by atoms with Crippen LogP contribution in [0.3, 0.4) is 0 Å². The summed E-state index contributed by atoms with van der Waals surface area (Å²) in [5.41, 5.74) is -0.852. The van der Waals surface area contributed by atoms with Gasteiger partial charge in [-0.15, -0.1) is 10.2 Å². The molecule has 9 heteroatoms. The van der Waals surface area contributed by atoms with Gasteiger partial charge in [0.25, 0.3) is 0 Å². The molecule has 5 rings (SSSR count). The van der Waals surface area contributed by atoms with Crippen LogP contribution in [0, 0.1) is 11.7 Å². The minimum absolute atomic E-state index is 0.219. The fourth-order valence-electron chi connectivity index (χ4n) is 4.79. The van der Waals surface area contributed by atoms with Crippen LogP contribution in [0.1, 0.15) is 55.5 Å². The van der Waals surface area contributed by atoms with Gasteiger partial charge in [-0.2, -0.15) is 13.2 Å². The largest absolute Gasteiger partial charge is 0.490 e. The highest BCUT2D eigenvalue weighted by atomic mass is 19.4. The van der Waals surface area contributed by atoms with E-state index in [0.717, 1.165) is 18.4 Å². The summed E-state index contributed by atoms with van der Waals surface area (Å²) < 4.78 is 68.6. The van der Waals surface area contributed by atoms with E-state index in [0.29, 0.717) is 43.8 Å². The summed E-state index contributed by atoms with van der Waals surface area (Å²) in [7, 11) is 1.60. The van der Waals surface area contributed by atoms with E-state index in [9.17, 15) is 17.6 Å². The highest BCUT2D eigenvalue weighted by Gasteiger charge is 2.41. The summed E-state index contributed by atoms with van der Waals surface area (Å²) in [5.74, 6) is 0.474. The fraction of sp³-hybridized carbons (Fsp3) is 0.500. The van der Waals surface area contributed by atoms with Gasteiger partial charge in [-0.1, -0.05) is 12.1 Å². The van der Waals surface area contributed by atoms with Crippen LogP contribution in [0.15, 0.2) is 36.5 Å². The second kappa shape index (κ2) is 8.27. The van der Waals surface area contributed by atoms with Crippen LogP contribution < -0.4 is 4.74 Å². The average Bonchev–Trinajstić information content (AvgIpc) is 3.52. The number of methoxy groups -OCH3 is 1. The number of pyridine rings is 1. The summed E-state index contributed by atoms with van der Waals surface area (Å²) in [6, 6.07) is 7.54. The smallest absolute Gasteiger partial charge is 0.423 e. The van der Waals surface area contributed by atoms with Gasteiger partial charge in [0.15, 0.2) is 5.65 Å². The van der Waals surface area contributed by atoms with Crippen LogP contribution in [0.5, 0.6) is 5.75 Å². The minimum atomic E-state index is -4.62. The van der Waals surface area contributed by atoms with Crippen molar-refractivity contribution in [2.45, 2.75) is 62.8 Å². The first kappa shape index (κ1) is 22.1. The lowest BCUT2D eigenvalue weighted by Crippen LogP contribution is -2.37. The molecule has 3 aromatic rings. The molecule has 2 saturated carbocycles. The first-order valence-corrected chi connectivity index (χ1v) is 11.2. The molecule has 0 amide bonds. The van der Waals surface area contributed by atoms with Crippen molar-refractivity contribution in [3.05, 3.63) is 59.3 Å². The predicted octanol–water partition coefficient (Wildman–Crippen LogP) is 5.70. The van der Waals surface area contributed by atoms with E-state index < -0.39 is 23.4 Å². The van der Waals surface area contributed by atoms with E-state index in [1.807, 2.05) is 0 Å².